The number of rotatable bonds is 5. The Balaban J connectivity index is 0.00000280. The fraction of sp³-hybridized carbons (Fsp3) is 0.500. The van der Waals surface area contributed by atoms with E-state index in [-0.39, 0.29) is 41.7 Å². The van der Waals surface area contributed by atoms with Crippen molar-refractivity contribution in [2.24, 2.45) is 10.9 Å². The zero-order valence-electron chi connectivity index (χ0n) is 16.3. The van der Waals surface area contributed by atoms with Crippen LogP contribution >= 0.6 is 24.0 Å². The maximum atomic E-state index is 13.3. The molecule has 2 aromatic rings. The highest BCUT2D eigenvalue weighted by atomic mass is 127. The Morgan fingerprint density at radius 1 is 1.46 bits per heavy atom. The molecule has 0 bridgehead atoms. The lowest BCUT2D eigenvalue weighted by Gasteiger charge is -2.33. The minimum Gasteiger partial charge on any atom is -0.466 e. The molecule has 0 amide bonds. The van der Waals surface area contributed by atoms with Crippen LogP contribution < -0.4 is 5.32 Å². The predicted octanol–water partition coefficient (Wildman–Crippen LogP) is 3.32. The summed E-state index contributed by atoms with van der Waals surface area (Å²) >= 11 is 0. The first-order valence-corrected chi connectivity index (χ1v) is 9.50. The third kappa shape index (κ3) is 5.36. The van der Waals surface area contributed by atoms with E-state index in [9.17, 15) is 9.18 Å². The SMILES string of the molecule is CCOC(=O)C1CCCN(C(=NC)NCCc2c[nH]c3cc(F)ccc23)C1.I. The summed E-state index contributed by atoms with van der Waals surface area (Å²) in [5, 5.41) is 4.42. The number of guanidine groups is 1. The van der Waals surface area contributed by atoms with Crippen molar-refractivity contribution in [3.8, 4) is 0 Å². The summed E-state index contributed by atoms with van der Waals surface area (Å²) in [7, 11) is 1.75. The first-order chi connectivity index (χ1) is 13.1. The number of hydrogen-bond acceptors (Lipinski definition) is 3. The number of fused-ring (bicyclic) bond motifs is 1. The molecule has 8 heteroatoms. The van der Waals surface area contributed by atoms with Crippen molar-refractivity contribution >= 4 is 46.8 Å². The number of H-pyrrole nitrogens is 1. The lowest BCUT2D eigenvalue weighted by Crippen LogP contribution is -2.48. The predicted molar refractivity (Wildman–Crippen MR) is 120 cm³/mol. The van der Waals surface area contributed by atoms with Crippen LogP contribution in [0, 0.1) is 11.7 Å². The third-order valence-corrected chi connectivity index (χ3v) is 4.96. The maximum Gasteiger partial charge on any atom is 0.310 e. The first-order valence-electron chi connectivity index (χ1n) is 9.50. The summed E-state index contributed by atoms with van der Waals surface area (Å²) in [5.41, 5.74) is 1.94. The summed E-state index contributed by atoms with van der Waals surface area (Å²) in [6.45, 7) is 4.46. The zero-order chi connectivity index (χ0) is 19.2. The Morgan fingerprint density at radius 3 is 3.04 bits per heavy atom. The molecule has 1 aromatic carbocycles. The van der Waals surface area contributed by atoms with Crippen molar-refractivity contribution in [1.82, 2.24) is 15.2 Å². The molecule has 154 valence electrons. The molecule has 0 spiro atoms. The van der Waals surface area contributed by atoms with Crippen molar-refractivity contribution in [3.05, 3.63) is 35.8 Å². The number of hydrogen-bond donors (Lipinski definition) is 2. The number of ether oxygens (including phenoxy) is 1. The quantitative estimate of drug-likeness (QED) is 0.285. The van der Waals surface area contributed by atoms with E-state index in [0.717, 1.165) is 48.2 Å². The number of aliphatic imine (C=N–C) groups is 1. The molecule has 1 fully saturated rings. The van der Waals surface area contributed by atoms with E-state index in [2.05, 4.69) is 20.2 Å². The molecule has 1 aromatic heterocycles. The van der Waals surface area contributed by atoms with Crippen molar-refractivity contribution < 1.29 is 13.9 Å². The van der Waals surface area contributed by atoms with E-state index < -0.39 is 0 Å². The van der Waals surface area contributed by atoms with E-state index in [1.165, 1.54) is 12.1 Å². The van der Waals surface area contributed by atoms with E-state index in [4.69, 9.17) is 4.74 Å². The van der Waals surface area contributed by atoms with Gasteiger partial charge < -0.3 is 19.9 Å². The average molecular weight is 502 g/mol. The van der Waals surface area contributed by atoms with Crippen LogP contribution in [0.25, 0.3) is 10.9 Å². The Labute approximate surface area is 181 Å². The fourth-order valence-electron chi connectivity index (χ4n) is 3.63. The molecule has 1 atom stereocenters. The number of aromatic amines is 1. The summed E-state index contributed by atoms with van der Waals surface area (Å²) in [6.07, 6.45) is 4.52. The molecule has 1 aliphatic heterocycles. The van der Waals surface area contributed by atoms with Gasteiger partial charge in [-0.1, -0.05) is 0 Å². The van der Waals surface area contributed by atoms with Gasteiger partial charge in [-0.3, -0.25) is 9.79 Å². The van der Waals surface area contributed by atoms with E-state index in [1.807, 2.05) is 13.1 Å². The number of piperidine rings is 1. The summed E-state index contributed by atoms with van der Waals surface area (Å²) in [6, 6.07) is 4.80. The zero-order valence-corrected chi connectivity index (χ0v) is 18.7. The number of benzene rings is 1. The smallest absolute Gasteiger partial charge is 0.310 e. The number of nitrogens with one attached hydrogen (secondary N) is 2. The van der Waals surface area contributed by atoms with Crippen molar-refractivity contribution in [1.29, 1.82) is 0 Å². The van der Waals surface area contributed by atoms with Crippen LogP contribution in [0.15, 0.2) is 29.4 Å². The molecule has 1 unspecified atom stereocenters. The Hall–Kier alpha value is -1.84. The minimum absolute atomic E-state index is 0. The van der Waals surface area contributed by atoms with E-state index in [0.29, 0.717) is 19.7 Å². The van der Waals surface area contributed by atoms with Gasteiger partial charge in [0, 0.05) is 43.8 Å². The molecule has 0 radical (unpaired) electrons. The maximum absolute atomic E-state index is 13.3. The Morgan fingerprint density at radius 2 is 2.29 bits per heavy atom. The Bertz CT molecular complexity index is 824. The van der Waals surface area contributed by atoms with Gasteiger partial charge in [-0.25, -0.2) is 4.39 Å². The van der Waals surface area contributed by atoms with Crippen LogP contribution in [0.3, 0.4) is 0 Å². The fourth-order valence-corrected chi connectivity index (χ4v) is 3.63. The van der Waals surface area contributed by atoms with Crippen LogP contribution in [-0.2, 0) is 16.0 Å². The number of halogens is 2. The number of esters is 1. The van der Waals surface area contributed by atoms with Crippen LogP contribution in [0.5, 0.6) is 0 Å². The average Bonchev–Trinajstić information content (AvgIpc) is 3.07. The van der Waals surface area contributed by atoms with Gasteiger partial charge in [-0.05, 0) is 49.9 Å². The number of aromatic nitrogens is 1. The molecule has 2 heterocycles. The van der Waals surface area contributed by atoms with Gasteiger partial charge in [0.15, 0.2) is 5.96 Å². The highest BCUT2D eigenvalue weighted by molar-refractivity contribution is 14.0. The van der Waals surface area contributed by atoms with E-state index in [1.54, 1.807) is 13.1 Å². The molecule has 1 aliphatic rings. The van der Waals surface area contributed by atoms with Crippen LogP contribution in [0.2, 0.25) is 0 Å². The monoisotopic (exact) mass is 502 g/mol. The second-order valence-corrected chi connectivity index (χ2v) is 6.77. The second-order valence-electron chi connectivity index (χ2n) is 6.77. The summed E-state index contributed by atoms with van der Waals surface area (Å²) < 4.78 is 18.5. The van der Waals surface area contributed by atoms with Gasteiger partial charge in [0.05, 0.1) is 12.5 Å². The molecule has 3 rings (SSSR count). The van der Waals surface area contributed by atoms with Crippen LogP contribution in [-0.4, -0.2) is 55.1 Å². The lowest BCUT2D eigenvalue weighted by molar-refractivity contribution is -0.149. The molecule has 28 heavy (non-hydrogen) atoms. The highest BCUT2D eigenvalue weighted by Crippen LogP contribution is 2.20. The van der Waals surface area contributed by atoms with Gasteiger partial charge in [0.25, 0.3) is 0 Å². The minimum atomic E-state index is -0.240. The topological polar surface area (TPSA) is 69.7 Å². The van der Waals surface area contributed by atoms with Crippen molar-refractivity contribution in [3.63, 3.8) is 0 Å². The van der Waals surface area contributed by atoms with Gasteiger partial charge in [-0.2, -0.15) is 0 Å². The van der Waals surface area contributed by atoms with Crippen molar-refractivity contribution in [2.75, 3.05) is 33.3 Å². The lowest BCUT2D eigenvalue weighted by atomic mass is 9.98. The summed E-state index contributed by atoms with van der Waals surface area (Å²) in [5.74, 6) is 0.343. The normalized spacial score (nSPS) is 17.3. The van der Waals surface area contributed by atoms with Gasteiger partial charge in [-0.15, -0.1) is 24.0 Å². The molecule has 1 saturated heterocycles. The number of carbonyl (C=O) groups excluding carboxylic acids is 1. The van der Waals surface area contributed by atoms with Gasteiger partial charge in [0.2, 0.25) is 0 Å². The van der Waals surface area contributed by atoms with Crippen molar-refractivity contribution in [2.45, 2.75) is 26.2 Å². The van der Waals surface area contributed by atoms with Crippen LogP contribution in [0.1, 0.15) is 25.3 Å². The third-order valence-electron chi connectivity index (χ3n) is 4.96. The largest absolute Gasteiger partial charge is 0.466 e. The molecular weight excluding hydrogens is 474 g/mol. The highest BCUT2D eigenvalue weighted by Gasteiger charge is 2.28. The van der Waals surface area contributed by atoms with E-state index >= 15 is 0 Å². The summed E-state index contributed by atoms with van der Waals surface area (Å²) in [4.78, 5) is 21.6. The van der Waals surface area contributed by atoms with Crippen LogP contribution in [0.4, 0.5) is 4.39 Å². The molecule has 2 N–H and O–H groups in total. The Kier molecular flexibility index (Phi) is 8.53. The van der Waals surface area contributed by atoms with Gasteiger partial charge >= 0.3 is 5.97 Å². The molecule has 0 saturated carbocycles. The molecule has 0 aliphatic carbocycles. The number of likely N-dealkylation sites (tertiary alicyclic amines) is 1. The molecular formula is C20H28FIN4O2. The number of carbonyl (C=O) groups is 1. The molecule has 6 nitrogen and oxygen atoms in total. The second kappa shape index (κ2) is 10.6. The standard InChI is InChI=1S/C20H27FN4O2.HI/c1-3-27-19(26)15-5-4-10-25(13-15)20(22-2)23-9-8-14-12-24-18-11-16(21)6-7-17(14)18;/h6-7,11-12,15,24H,3-5,8-10,13H2,1-2H3,(H,22,23);1H. The first kappa shape index (κ1) is 22.4. The van der Waals surface area contributed by atoms with Gasteiger partial charge in [0.1, 0.15) is 5.82 Å². The number of nitrogens with zero attached hydrogens (tertiary/aromatic N) is 2.